The van der Waals surface area contributed by atoms with E-state index in [1.807, 2.05) is 31.2 Å². The monoisotopic (exact) mass is 352 g/mol. The van der Waals surface area contributed by atoms with E-state index in [-0.39, 0.29) is 12.1 Å². The Bertz CT molecular complexity index is 717. The van der Waals surface area contributed by atoms with E-state index in [0.717, 1.165) is 11.6 Å². The average Bonchev–Trinajstić information content (AvgIpc) is 2.59. The molecule has 2 aromatic rings. The van der Waals surface area contributed by atoms with Gasteiger partial charge in [-0.1, -0.05) is 30.3 Å². The second kappa shape index (κ2) is 8.41. The zero-order valence-electron chi connectivity index (χ0n) is 13.7. The lowest BCUT2D eigenvalue weighted by atomic mass is 10.1. The van der Waals surface area contributed by atoms with Gasteiger partial charge in [0.2, 0.25) is 5.91 Å². The number of alkyl halides is 3. The van der Waals surface area contributed by atoms with E-state index >= 15 is 0 Å². The zero-order chi connectivity index (χ0) is 18.3. The molecule has 1 amide bonds. The van der Waals surface area contributed by atoms with Gasteiger partial charge in [-0.25, -0.2) is 0 Å². The lowest BCUT2D eigenvalue weighted by molar-refractivity contribution is -0.137. The molecular weight excluding hydrogens is 333 g/mol. The molecule has 7 heteroatoms. The molecule has 4 nitrogen and oxygen atoms in total. The third-order valence-corrected chi connectivity index (χ3v) is 3.46. The Hall–Kier alpha value is -2.70. The molecule has 0 aliphatic carbocycles. The number of anilines is 1. The highest BCUT2D eigenvalue weighted by molar-refractivity contribution is 5.78. The fraction of sp³-hybridized carbons (Fsp3) is 0.278. The van der Waals surface area contributed by atoms with Gasteiger partial charge in [0.05, 0.1) is 17.9 Å². The van der Waals surface area contributed by atoms with Gasteiger partial charge in [0.25, 0.3) is 0 Å². The largest absolute Gasteiger partial charge is 0.494 e. The first kappa shape index (κ1) is 18.6. The van der Waals surface area contributed by atoms with Crippen LogP contribution in [0.5, 0.6) is 5.75 Å². The van der Waals surface area contributed by atoms with E-state index in [1.54, 1.807) is 0 Å². The standard InChI is InChI=1S/C18H19F3N2O2/c1-2-25-16-10-6-3-7-13(16)11-12-17(24)23-22-15-9-5-4-8-14(15)18(19,20)21/h3-10,22H,2,11-12H2,1H3,(H,23,24). The molecule has 2 aromatic carbocycles. The van der Waals surface area contributed by atoms with Crippen molar-refractivity contribution in [2.75, 3.05) is 12.0 Å². The van der Waals surface area contributed by atoms with Gasteiger partial charge in [-0.2, -0.15) is 13.2 Å². The molecule has 0 fully saturated rings. The smallest absolute Gasteiger partial charge is 0.418 e. The SMILES string of the molecule is CCOc1ccccc1CCC(=O)NNc1ccccc1C(F)(F)F. The summed E-state index contributed by atoms with van der Waals surface area (Å²) >= 11 is 0. The van der Waals surface area contributed by atoms with Crippen LogP contribution in [0.1, 0.15) is 24.5 Å². The van der Waals surface area contributed by atoms with Crippen LogP contribution < -0.4 is 15.6 Å². The van der Waals surface area contributed by atoms with Crippen molar-refractivity contribution in [3.8, 4) is 5.75 Å². The topological polar surface area (TPSA) is 50.4 Å². The lowest BCUT2D eigenvalue weighted by Gasteiger charge is -2.15. The Morgan fingerprint density at radius 2 is 1.76 bits per heavy atom. The molecule has 0 saturated carbocycles. The first-order valence-electron chi connectivity index (χ1n) is 7.83. The number of amides is 1. The van der Waals surface area contributed by atoms with Crippen LogP contribution >= 0.6 is 0 Å². The van der Waals surface area contributed by atoms with E-state index in [1.165, 1.54) is 18.2 Å². The zero-order valence-corrected chi connectivity index (χ0v) is 13.7. The van der Waals surface area contributed by atoms with Crippen molar-refractivity contribution in [2.24, 2.45) is 0 Å². The van der Waals surface area contributed by atoms with E-state index in [9.17, 15) is 18.0 Å². The summed E-state index contributed by atoms with van der Waals surface area (Å²) in [5.41, 5.74) is 4.49. The minimum atomic E-state index is -4.50. The van der Waals surface area contributed by atoms with Crippen molar-refractivity contribution in [2.45, 2.75) is 25.9 Å². The summed E-state index contributed by atoms with van der Waals surface area (Å²) in [5.74, 6) is 0.288. The second-order valence-corrected chi connectivity index (χ2v) is 5.26. The van der Waals surface area contributed by atoms with Gasteiger partial charge in [0.1, 0.15) is 5.75 Å². The Balaban J connectivity index is 1.92. The van der Waals surface area contributed by atoms with Crippen LogP contribution in [0.4, 0.5) is 18.9 Å². The summed E-state index contributed by atoms with van der Waals surface area (Å²) in [6, 6.07) is 12.3. The van der Waals surface area contributed by atoms with Crippen molar-refractivity contribution in [1.82, 2.24) is 5.43 Å². The first-order chi connectivity index (χ1) is 11.9. The van der Waals surface area contributed by atoms with Crippen molar-refractivity contribution < 1.29 is 22.7 Å². The lowest BCUT2D eigenvalue weighted by Crippen LogP contribution is -2.30. The highest BCUT2D eigenvalue weighted by atomic mass is 19.4. The number of hydrazine groups is 1. The van der Waals surface area contributed by atoms with E-state index in [2.05, 4.69) is 10.9 Å². The van der Waals surface area contributed by atoms with Gasteiger partial charge in [-0.15, -0.1) is 0 Å². The number of ether oxygens (including phenoxy) is 1. The third kappa shape index (κ3) is 5.41. The Kier molecular flexibility index (Phi) is 6.27. The summed E-state index contributed by atoms with van der Waals surface area (Å²) in [6.07, 6.45) is -3.96. The molecule has 2 rings (SSSR count). The number of rotatable bonds is 7. The molecule has 0 unspecified atom stereocenters. The molecule has 0 aliphatic rings. The van der Waals surface area contributed by atoms with Gasteiger partial charge in [-0.05, 0) is 37.1 Å². The van der Waals surface area contributed by atoms with Gasteiger partial charge in [0, 0.05) is 6.42 Å². The number of aryl methyl sites for hydroxylation is 1. The highest BCUT2D eigenvalue weighted by Gasteiger charge is 2.33. The average molecular weight is 352 g/mol. The molecule has 2 N–H and O–H groups in total. The van der Waals surface area contributed by atoms with E-state index < -0.39 is 17.6 Å². The predicted molar refractivity (Wildman–Crippen MR) is 89.1 cm³/mol. The summed E-state index contributed by atoms with van der Waals surface area (Å²) < 4.78 is 44.2. The number of benzene rings is 2. The molecule has 0 saturated heterocycles. The fourth-order valence-corrected chi connectivity index (χ4v) is 2.29. The molecule has 0 heterocycles. The maximum atomic E-state index is 12.9. The van der Waals surface area contributed by atoms with Crippen LogP contribution in [0.2, 0.25) is 0 Å². The Morgan fingerprint density at radius 3 is 2.48 bits per heavy atom. The molecule has 0 aromatic heterocycles. The maximum absolute atomic E-state index is 12.9. The van der Waals surface area contributed by atoms with Crippen LogP contribution in [-0.2, 0) is 17.4 Å². The summed E-state index contributed by atoms with van der Waals surface area (Å²) in [5, 5.41) is 0. The molecule has 134 valence electrons. The number of hydrogen-bond donors (Lipinski definition) is 2. The number of halogens is 3. The number of carbonyl (C=O) groups excluding carboxylic acids is 1. The molecule has 0 radical (unpaired) electrons. The first-order valence-corrected chi connectivity index (χ1v) is 7.83. The van der Waals surface area contributed by atoms with Crippen LogP contribution in [0.3, 0.4) is 0 Å². The summed E-state index contributed by atoms with van der Waals surface area (Å²) in [7, 11) is 0. The van der Waals surface area contributed by atoms with E-state index in [0.29, 0.717) is 18.8 Å². The van der Waals surface area contributed by atoms with Crippen LogP contribution in [0, 0.1) is 0 Å². The molecule has 0 aliphatic heterocycles. The number of hydrogen-bond acceptors (Lipinski definition) is 3. The Labute approximate surface area is 144 Å². The highest BCUT2D eigenvalue weighted by Crippen LogP contribution is 2.34. The minimum Gasteiger partial charge on any atom is -0.494 e. The van der Waals surface area contributed by atoms with Crippen LogP contribution in [-0.4, -0.2) is 12.5 Å². The molecule has 0 atom stereocenters. The minimum absolute atomic E-state index is 0.116. The van der Waals surface area contributed by atoms with Gasteiger partial charge in [-0.3, -0.25) is 15.6 Å². The van der Waals surface area contributed by atoms with Crippen molar-refractivity contribution in [1.29, 1.82) is 0 Å². The van der Waals surface area contributed by atoms with Crippen molar-refractivity contribution in [3.05, 3.63) is 59.7 Å². The van der Waals surface area contributed by atoms with Gasteiger partial charge >= 0.3 is 6.18 Å². The quantitative estimate of drug-likeness (QED) is 0.735. The van der Waals surface area contributed by atoms with Crippen molar-refractivity contribution in [3.63, 3.8) is 0 Å². The summed E-state index contributed by atoms with van der Waals surface area (Å²) in [6.45, 7) is 2.38. The normalized spacial score (nSPS) is 11.0. The molecule has 0 spiro atoms. The van der Waals surface area contributed by atoms with Gasteiger partial charge in [0.15, 0.2) is 0 Å². The Morgan fingerprint density at radius 1 is 1.08 bits per heavy atom. The maximum Gasteiger partial charge on any atom is 0.418 e. The van der Waals surface area contributed by atoms with Gasteiger partial charge < -0.3 is 4.74 Å². The van der Waals surface area contributed by atoms with Crippen molar-refractivity contribution >= 4 is 11.6 Å². The van der Waals surface area contributed by atoms with E-state index in [4.69, 9.17) is 4.74 Å². The third-order valence-electron chi connectivity index (χ3n) is 3.46. The molecule has 0 bridgehead atoms. The van der Waals surface area contributed by atoms with Crippen LogP contribution in [0.15, 0.2) is 48.5 Å². The van der Waals surface area contributed by atoms with Crippen LogP contribution in [0.25, 0.3) is 0 Å². The second-order valence-electron chi connectivity index (χ2n) is 5.26. The number of para-hydroxylation sites is 2. The fourth-order valence-electron chi connectivity index (χ4n) is 2.29. The number of carbonyl (C=O) groups is 1. The summed E-state index contributed by atoms with van der Waals surface area (Å²) in [4.78, 5) is 11.9. The predicted octanol–water partition coefficient (Wildman–Crippen LogP) is 4.18. The molecule has 25 heavy (non-hydrogen) atoms. The number of nitrogens with one attached hydrogen (secondary N) is 2. The molecular formula is C18H19F3N2O2.